The number of pyridine rings is 1. The molecule has 0 spiro atoms. The van der Waals surface area contributed by atoms with Crippen LogP contribution in [0.15, 0.2) is 72.4 Å². The first-order valence-electron chi connectivity index (χ1n) is 10.5. The highest BCUT2D eigenvalue weighted by molar-refractivity contribution is 6.46. The van der Waals surface area contributed by atoms with E-state index in [0.29, 0.717) is 28.5 Å². The van der Waals surface area contributed by atoms with Gasteiger partial charge in [-0.1, -0.05) is 24.3 Å². The highest BCUT2D eigenvalue weighted by atomic mass is 16.5. The maximum absolute atomic E-state index is 13.3. The Morgan fingerprint density at radius 2 is 1.68 bits per heavy atom. The summed E-state index contributed by atoms with van der Waals surface area (Å²) in [4.78, 5) is 32.3. The molecule has 1 aliphatic heterocycles. The van der Waals surface area contributed by atoms with Gasteiger partial charge < -0.3 is 24.2 Å². The molecular weight excluding hydrogens is 436 g/mol. The first-order chi connectivity index (χ1) is 16.5. The number of nitrogens with zero attached hydrogens (tertiary/aromatic N) is 2. The fourth-order valence-electron chi connectivity index (χ4n) is 4.05. The molecule has 0 aliphatic carbocycles. The normalized spacial score (nSPS) is 17.0. The second kappa shape index (κ2) is 9.66. The average molecular weight is 460 g/mol. The molecule has 1 fully saturated rings. The van der Waals surface area contributed by atoms with Crippen molar-refractivity contribution in [3.05, 3.63) is 89.3 Å². The number of Topliss-reactive ketones (excluding diaryl/α,β-unsaturated/α-hetero) is 1. The Bertz CT molecular complexity index is 1260. The van der Waals surface area contributed by atoms with Crippen molar-refractivity contribution in [3.63, 3.8) is 0 Å². The van der Waals surface area contributed by atoms with Gasteiger partial charge in [-0.2, -0.15) is 0 Å². The Morgan fingerprint density at radius 1 is 0.941 bits per heavy atom. The van der Waals surface area contributed by atoms with Crippen LogP contribution in [0.5, 0.6) is 17.2 Å². The van der Waals surface area contributed by atoms with Crippen LogP contribution in [-0.4, -0.2) is 48.0 Å². The quantitative estimate of drug-likeness (QED) is 0.326. The van der Waals surface area contributed by atoms with E-state index in [1.54, 1.807) is 48.7 Å². The molecule has 8 heteroatoms. The molecule has 3 aromatic rings. The Balaban J connectivity index is 1.90. The number of rotatable bonds is 7. The van der Waals surface area contributed by atoms with Crippen LogP contribution in [0.2, 0.25) is 0 Å². The third-order valence-electron chi connectivity index (χ3n) is 5.70. The highest BCUT2D eigenvalue weighted by Crippen LogP contribution is 2.42. The molecule has 1 aliphatic rings. The van der Waals surface area contributed by atoms with Crippen LogP contribution in [0.25, 0.3) is 5.76 Å². The predicted octanol–water partition coefficient (Wildman–Crippen LogP) is 3.73. The topological polar surface area (TPSA) is 98.2 Å². The lowest BCUT2D eigenvalue weighted by Gasteiger charge is -2.25. The molecular formula is C26H24N2O6. The second-order valence-corrected chi connectivity index (χ2v) is 7.56. The minimum absolute atomic E-state index is 0.0786. The number of aliphatic hydroxyl groups is 1. The van der Waals surface area contributed by atoms with Gasteiger partial charge in [-0.05, 0) is 36.4 Å². The van der Waals surface area contributed by atoms with E-state index in [4.69, 9.17) is 14.2 Å². The molecule has 1 atom stereocenters. The SMILES string of the molecule is COc1ccc(OC)c(/C(O)=C2\C(=O)C(=O)N(Cc3ccccc3OC)C2c2ccccn2)c1. The van der Waals surface area contributed by atoms with Gasteiger partial charge in [0.25, 0.3) is 11.7 Å². The number of ketones is 1. The van der Waals surface area contributed by atoms with E-state index < -0.39 is 17.7 Å². The number of ether oxygens (including phenoxy) is 3. The van der Waals surface area contributed by atoms with Gasteiger partial charge in [0, 0.05) is 11.8 Å². The van der Waals surface area contributed by atoms with Gasteiger partial charge in [0.2, 0.25) is 0 Å². The van der Waals surface area contributed by atoms with E-state index in [2.05, 4.69) is 4.98 Å². The number of carbonyl (C=O) groups is 2. The van der Waals surface area contributed by atoms with Crippen LogP contribution in [0, 0.1) is 0 Å². The van der Waals surface area contributed by atoms with Crippen LogP contribution in [-0.2, 0) is 16.1 Å². The lowest BCUT2D eigenvalue weighted by molar-refractivity contribution is -0.140. The zero-order chi connectivity index (χ0) is 24.2. The average Bonchev–Trinajstić information content (AvgIpc) is 3.13. The Labute approximate surface area is 197 Å². The predicted molar refractivity (Wildman–Crippen MR) is 125 cm³/mol. The van der Waals surface area contributed by atoms with Crippen molar-refractivity contribution in [1.29, 1.82) is 0 Å². The van der Waals surface area contributed by atoms with Crippen LogP contribution in [0.1, 0.15) is 22.9 Å². The van der Waals surface area contributed by atoms with Crippen molar-refractivity contribution in [2.45, 2.75) is 12.6 Å². The zero-order valence-corrected chi connectivity index (χ0v) is 19.0. The summed E-state index contributed by atoms with van der Waals surface area (Å²) in [5.41, 5.74) is 1.31. The summed E-state index contributed by atoms with van der Waals surface area (Å²) in [5.74, 6) is -0.558. The van der Waals surface area contributed by atoms with Crippen LogP contribution < -0.4 is 14.2 Å². The molecule has 1 N–H and O–H groups in total. The fourth-order valence-corrected chi connectivity index (χ4v) is 4.05. The first kappa shape index (κ1) is 22.8. The Kier molecular flexibility index (Phi) is 6.49. The number of aromatic nitrogens is 1. The smallest absolute Gasteiger partial charge is 0.296 e. The van der Waals surface area contributed by atoms with Gasteiger partial charge in [0.1, 0.15) is 29.0 Å². The van der Waals surface area contributed by atoms with Crippen molar-refractivity contribution in [2.75, 3.05) is 21.3 Å². The molecule has 174 valence electrons. The molecule has 8 nitrogen and oxygen atoms in total. The third-order valence-corrected chi connectivity index (χ3v) is 5.70. The van der Waals surface area contributed by atoms with Gasteiger partial charge in [-0.25, -0.2) is 0 Å². The molecule has 2 aromatic carbocycles. The molecule has 1 saturated heterocycles. The third kappa shape index (κ3) is 4.05. The summed E-state index contributed by atoms with van der Waals surface area (Å²) in [5, 5.41) is 11.3. The van der Waals surface area contributed by atoms with Gasteiger partial charge in [0.15, 0.2) is 0 Å². The Morgan fingerprint density at radius 3 is 2.35 bits per heavy atom. The number of amides is 1. The molecule has 0 bridgehead atoms. The number of carbonyl (C=O) groups excluding carboxylic acids is 2. The fraction of sp³-hybridized carbons (Fsp3) is 0.192. The van der Waals surface area contributed by atoms with E-state index in [1.165, 1.54) is 26.2 Å². The van der Waals surface area contributed by atoms with Gasteiger partial charge in [0.05, 0.1) is 44.7 Å². The van der Waals surface area contributed by atoms with E-state index in [0.717, 1.165) is 0 Å². The molecule has 2 heterocycles. The number of aliphatic hydroxyl groups excluding tert-OH is 1. The van der Waals surface area contributed by atoms with Gasteiger partial charge >= 0.3 is 0 Å². The Hall–Kier alpha value is -4.33. The number of hydrogen-bond donors (Lipinski definition) is 1. The number of methoxy groups -OCH3 is 3. The molecule has 1 amide bonds. The van der Waals surface area contributed by atoms with Crippen molar-refractivity contribution in [3.8, 4) is 17.2 Å². The van der Waals surface area contributed by atoms with Crippen molar-refractivity contribution < 1.29 is 28.9 Å². The first-order valence-corrected chi connectivity index (χ1v) is 10.5. The molecule has 34 heavy (non-hydrogen) atoms. The summed E-state index contributed by atoms with van der Waals surface area (Å²) < 4.78 is 16.1. The molecule has 4 rings (SSSR count). The van der Waals surface area contributed by atoms with Crippen LogP contribution in [0.3, 0.4) is 0 Å². The maximum Gasteiger partial charge on any atom is 0.296 e. The summed E-state index contributed by atoms with van der Waals surface area (Å²) in [7, 11) is 4.49. The molecule has 0 radical (unpaired) electrons. The lowest BCUT2D eigenvalue weighted by Crippen LogP contribution is -2.29. The van der Waals surface area contributed by atoms with E-state index in [1.807, 2.05) is 18.2 Å². The maximum atomic E-state index is 13.3. The van der Waals surface area contributed by atoms with Crippen molar-refractivity contribution >= 4 is 17.4 Å². The minimum Gasteiger partial charge on any atom is -0.507 e. The molecule has 1 aromatic heterocycles. The van der Waals surface area contributed by atoms with Crippen molar-refractivity contribution in [2.24, 2.45) is 0 Å². The minimum atomic E-state index is -0.915. The number of likely N-dealkylation sites (tertiary alicyclic amines) is 1. The summed E-state index contributed by atoms with van der Waals surface area (Å²) in [6.45, 7) is 0.0852. The molecule has 1 unspecified atom stereocenters. The number of benzene rings is 2. The molecule has 0 saturated carbocycles. The summed E-state index contributed by atoms with van der Waals surface area (Å²) in [6.07, 6.45) is 1.57. The largest absolute Gasteiger partial charge is 0.507 e. The highest BCUT2D eigenvalue weighted by Gasteiger charge is 2.47. The number of hydrogen-bond acceptors (Lipinski definition) is 7. The van der Waals surface area contributed by atoms with E-state index in [-0.39, 0.29) is 23.4 Å². The number of para-hydroxylation sites is 1. The van der Waals surface area contributed by atoms with E-state index in [9.17, 15) is 14.7 Å². The monoisotopic (exact) mass is 460 g/mol. The van der Waals surface area contributed by atoms with Crippen molar-refractivity contribution in [1.82, 2.24) is 9.88 Å². The van der Waals surface area contributed by atoms with Crippen LogP contribution in [0.4, 0.5) is 0 Å². The second-order valence-electron chi connectivity index (χ2n) is 7.56. The van der Waals surface area contributed by atoms with Gasteiger partial charge in [-0.15, -0.1) is 0 Å². The van der Waals surface area contributed by atoms with E-state index >= 15 is 0 Å². The zero-order valence-electron chi connectivity index (χ0n) is 19.0. The standard InChI is InChI=1S/C26H24N2O6/c1-32-17-11-12-21(34-3)18(14-17)24(29)22-23(19-9-6-7-13-27-19)28(26(31)25(22)30)15-16-8-4-5-10-20(16)33-2/h4-14,23,29H,15H2,1-3H3/b24-22+. The van der Waals surface area contributed by atoms with Gasteiger partial charge in [-0.3, -0.25) is 14.6 Å². The summed E-state index contributed by atoms with van der Waals surface area (Å²) >= 11 is 0. The van der Waals surface area contributed by atoms with Crippen LogP contribution >= 0.6 is 0 Å². The lowest BCUT2D eigenvalue weighted by atomic mass is 9.97. The summed E-state index contributed by atoms with van der Waals surface area (Å²) in [6, 6.07) is 16.4.